The van der Waals surface area contributed by atoms with Crippen molar-refractivity contribution >= 4 is 17.5 Å². The molecule has 1 aromatic heterocycles. The SMILES string of the molecule is COCCOC(=O)Nc1cccc(NCc2nc(-c3ccc(C)cc3)no2)c1. The highest BCUT2D eigenvalue weighted by atomic mass is 16.6. The highest BCUT2D eigenvalue weighted by Gasteiger charge is 2.09. The van der Waals surface area contributed by atoms with E-state index >= 15 is 0 Å². The van der Waals surface area contributed by atoms with Crippen LogP contribution in [0.25, 0.3) is 11.4 Å². The molecular weight excluding hydrogens is 360 g/mol. The lowest BCUT2D eigenvalue weighted by Gasteiger charge is -2.09. The molecule has 0 bridgehead atoms. The summed E-state index contributed by atoms with van der Waals surface area (Å²) < 4.78 is 15.1. The Morgan fingerprint density at radius 1 is 1.11 bits per heavy atom. The number of ether oxygens (including phenoxy) is 2. The first-order chi connectivity index (χ1) is 13.6. The highest BCUT2D eigenvalue weighted by Crippen LogP contribution is 2.18. The Labute approximate surface area is 162 Å². The van der Waals surface area contributed by atoms with Crippen molar-refractivity contribution in [2.45, 2.75) is 13.5 Å². The maximum absolute atomic E-state index is 11.7. The van der Waals surface area contributed by atoms with E-state index in [4.69, 9.17) is 14.0 Å². The number of aromatic nitrogens is 2. The van der Waals surface area contributed by atoms with E-state index in [0.717, 1.165) is 11.3 Å². The monoisotopic (exact) mass is 382 g/mol. The zero-order valence-electron chi connectivity index (χ0n) is 15.8. The number of nitrogens with zero attached hydrogens (tertiary/aromatic N) is 2. The van der Waals surface area contributed by atoms with E-state index < -0.39 is 6.09 Å². The maximum Gasteiger partial charge on any atom is 0.411 e. The van der Waals surface area contributed by atoms with Gasteiger partial charge in [-0.2, -0.15) is 4.98 Å². The second-order valence-electron chi connectivity index (χ2n) is 6.07. The Kier molecular flexibility index (Phi) is 6.59. The van der Waals surface area contributed by atoms with E-state index in [1.807, 2.05) is 43.3 Å². The minimum atomic E-state index is -0.533. The second-order valence-corrected chi connectivity index (χ2v) is 6.07. The van der Waals surface area contributed by atoms with Gasteiger partial charge in [-0.1, -0.05) is 41.1 Å². The molecule has 146 valence electrons. The average Bonchev–Trinajstić information content (AvgIpc) is 3.16. The van der Waals surface area contributed by atoms with Crippen LogP contribution in [0, 0.1) is 6.92 Å². The molecule has 0 radical (unpaired) electrons. The zero-order chi connectivity index (χ0) is 19.8. The van der Waals surface area contributed by atoms with Crippen LogP contribution in [0.15, 0.2) is 53.1 Å². The fraction of sp³-hybridized carbons (Fsp3) is 0.250. The molecule has 0 aliphatic rings. The lowest BCUT2D eigenvalue weighted by molar-refractivity contribution is 0.107. The predicted molar refractivity (Wildman–Crippen MR) is 105 cm³/mol. The summed E-state index contributed by atoms with van der Waals surface area (Å²) in [6.45, 7) is 2.93. The predicted octanol–water partition coefficient (Wildman–Crippen LogP) is 3.85. The lowest BCUT2D eigenvalue weighted by atomic mass is 10.1. The number of carbonyl (C=O) groups is 1. The second kappa shape index (κ2) is 9.52. The van der Waals surface area contributed by atoms with Gasteiger partial charge in [0.25, 0.3) is 0 Å². The smallest absolute Gasteiger partial charge is 0.411 e. The van der Waals surface area contributed by atoms with E-state index in [-0.39, 0.29) is 6.61 Å². The topological polar surface area (TPSA) is 98.5 Å². The van der Waals surface area contributed by atoms with Gasteiger partial charge >= 0.3 is 6.09 Å². The number of aryl methyl sites for hydroxylation is 1. The molecule has 2 N–H and O–H groups in total. The van der Waals surface area contributed by atoms with Crippen LogP contribution in [-0.2, 0) is 16.0 Å². The number of benzene rings is 2. The summed E-state index contributed by atoms with van der Waals surface area (Å²) in [7, 11) is 1.55. The Morgan fingerprint density at radius 2 is 1.89 bits per heavy atom. The Bertz CT molecular complexity index is 909. The van der Waals surface area contributed by atoms with Crippen molar-refractivity contribution in [3.63, 3.8) is 0 Å². The normalized spacial score (nSPS) is 10.5. The summed E-state index contributed by atoms with van der Waals surface area (Å²) in [5, 5.41) is 9.86. The van der Waals surface area contributed by atoms with Crippen LogP contribution in [0.4, 0.5) is 16.2 Å². The fourth-order valence-corrected chi connectivity index (χ4v) is 2.40. The third-order valence-corrected chi connectivity index (χ3v) is 3.85. The Hall–Kier alpha value is -3.39. The van der Waals surface area contributed by atoms with Crippen LogP contribution in [0.5, 0.6) is 0 Å². The quantitative estimate of drug-likeness (QED) is 0.571. The summed E-state index contributed by atoms with van der Waals surface area (Å²) in [6.07, 6.45) is -0.533. The minimum absolute atomic E-state index is 0.195. The first kappa shape index (κ1) is 19.4. The van der Waals surface area contributed by atoms with Gasteiger partial charge in [0.15, 0.2) is 0 Å². The van der Waals surface area contributed by atoms with Crippen molar-refractivity contribution in [2.24, 2.45) is 0 Å². The van der Waals surface area contributed by atoms with Crippen molar-refractivity contribution in [3.8, 4) is 11.4 Å². The van der Waals surface area contributed by atoms with Gasteiger partial charge in [0.1, 0.15) is 6.61 Å². The molecule has 0 saturated carbocycles. The number of hydrogen-bond donors (Lipinski definition) is 2. The van der Waals surface area contributed by atoms with E-state index in [1.165, 1.54) is 5.56 Å². The molecule has 0 aliphatic carbocycles. The van der Waals surface area contributed by atoms with Gasteiger partial charge in [-0.3, -0.25) is 5.32 Å². The molecule has 3 rings (SSSR count). The molecule has 28 heavy (non-hydrogen) atoms. The first-order valence-corrected chi connectivity index (χ1v) is 8.80. The van der Waals surface area contributed by atoms with Crippen LogP contribution >= 0.6 is 0 Å². The number of amides is 1. The van der Waals surface area contributed by atoms with Crippen LogP contribution in [0.2, 0.25) is 0 Å². The van der Waals surface area contributed by atoms with Crippen molar-refractivity contribution in [1.29, 1.82) is 0 Å². The molecule has 1 heterocycles. The highest BCUT2D eigenvalue weighted by molar-refractivity contribution is 5.85. The van der Waals surface area contributed by atoms with Gasteiger partial charge in [0.05, 0.1) is 13.2 Å². The van der Waals surface area contributed by atoms with Gasteiger partial charge in [-0.05, 0) is 25.1 Å². The number of rotatable bonds is 8. The molecule has 0 spiro atoms. The average molecular weight is 382 g/mol. The van der Waals surface area contributed by atoms with Crippen molar-refractivity contribution in [1.82, 2.24) is 10.1 Å². The third kappa shape index (κ3) is 5.55. The molecule has 0 aliphatic heterocycles. The molecule has 8 heteroatoms. The minimum Gasteiger partial charge on any atom is -0.447 e. The number of nitrogens with one attached hydrogen (secondary N) is 2. The molecule has 3 aromatic rings. The Balaban J connectivity index is 1.55. The van der Waals surface area contributed by atoms with Gasteiger partial charge in [0.2, 0.25) is 11.7 Å². The van der Waals surface area contributed by atoms with Gasteiger partial charge in [-0.15, -0.1) is 0 Å². The lowest BCUT2D eigenvalue weighted by Crippen LogP contribution is -2.16. The van der Waals surface area contributed by atoms with Crippen LogP contribution < -0.4 is 10.6 Å². The third-order valence-electron chi connectivity index (χ3n) is 3.85. The van der Waals surface area contributed by atoms with Crippen molar-refractivity contribution < 1.29 is 18.8 Å². The first-order valence-electron chi connectivity index (χ1n) is 8.80. The summed E-state index contributed by atoms with van der Waals surface area (Å²) in [5.74, 6) is 1.01. The number of hydrogen-bond acceptors (Lipinski definition) is 7. The molecule has 0 fully saturated rings. The summed E-state index contributed by atoms with van der Waals surface area (Å²) in [4.78, 5) is 16.1. The van der Waals surface area contributed by atoms with Crippen LogP contribution in [0.3, 0.4) is 0 Å². The number of methoxy groups -OCH3 is 1. The zero-order valence-corrected chi connectivity index (χ0v) is 15.8. The number of anilines is 2. The van der Waals surface area contributed by atoms with Gasteiger partial charge in [-0.25, -0.2) is 4.79 Å². The molecule has 2 aromatic carbocycles. The molecule has 0 unspecified atom stereocenters. The van der Waals surface area contributed by atoms with Gasteiger partial charge < -0.3 is 19.3 Å². The molecular formula is C20H22N4O4. The van der Waals surface area contributed by atoms with Crippen molar-refractivity contribution in [3.05, 3.63) is 60.0 Å². The molecule has 0 saturated heterocycles. The van der Waals surface area contributed by atoms with Crippen LogP contribution in [0.1, 0.15) is 11.5 Å². The summed E-state index contributed by atoms with van der Waals surface area (Å²) in [5.41, 5.74) is 3.48. The largest absolute Gasteiger partial charge is 0.447 e. The summed E-state index contributed by atoms with van der Waals surface area (Å²) in [6, 6.07) is 15.2. The van der Waals surface area contributed by atoms with Crippen molar-refractivity contribution in [2.75, 3.05) is 31.0 Å². The maximum atomic E-state index is 11.7. The standard InChI is InChI=1S/C20H22N4O4/c1-14-6-8-15(9-7-14)19-23-18(28-24-19)13-21-16-4-3-5-17(12-16)22-20(25)27-11-10-26-2/h3-9,12,21H,10-11,13H2,1-2H3,(H,22,25). The van der Waals surface area contributed by atoms with Gasteiger partial charge in [0, 0.05) is 24.0 Å². The molecule has 8 nitrogen and oxygen atoms in total. The fourth-order valence-electron chi connectivity index (χ4n) is 2.40. The Morgan fingerprint density at radius 3 is 2.68 bits per heavy atom. The molecule has 0 atom stereocenters. The van der Waals surface area contributed by atoms with E-state index in [1.54, 1.807) is 19.2 Å². The number of carbonyl (C=O) groups excluding carboxylic acids is 1. The van der Waals surface area contributed by atoms with E-state index in [2.05, 4.69) is 20.8 Å². The van der Waals surface area contributed by atoms with Crippen LogP contribution in [-0.4, -0.2) is 36.6 Å². The van der Waals surface area contributed by atoms with E-state index in [0.29, 0.717) is 30.6 Å². The molecule has 1 amide bonds. The summed E-state index contributed by atoms with van der Waals surface area (Å²) >= 11 is 0. The van der Waals surface area contributed by atoms with E-state index in [9.17, 15) is 4.79 Å².